The van der Waals surface area contributed by atoms with E-state index in [1.807, 2.05) is 6.92 Å². The van der Waals surface area contributed by atoms with E-state index in [0.29, 0.717) is 0 Å². The molecule has 0 aliphatic carbocycles. The van der Waals surface area contributed by atoms with E-state index in [2.05, 4.69) is 0 Å². The third kappa shape index (κ3) is 4.06. The van der Waals surface area contributed by atoms with Gasteiger partial charge in [-0.1, -0.05) is 17.7 Å². The van der Waals surface area contributed by atoms with Crippen molar-refractivity contribution in [3.8, 4) is 0 Å². The molecule has 0 aliphatic heterocycles. The van der Waals surface area contributed by atoms with Gasteiger partial charge in [-0.25, -0.2) is 0 Å². The highest BCUT2D eigenvalue weighted by Crippen LogP contribution is 2.15. The Morgan fingerprint density at radius 2 is 1.78 bits per heavy atom. The van der Waals surface area contributed by atoms with E-state index in [0.717, 1.165) is 5.56 Å². The maximum absolute atomic E-state index is 11.8. The molecule has 1 aromatic carbocycles. The van der Waals surface area contributed by atoms with Gasteiger partial charge in [0, 0.05) is 0 Å². The number of hydrogen-bond donors (Lipinski definition) is 2. The van der Waals surface area contributed by atoms with Crippen molar-refractivity contribution < 1.29 is 22.8 Å². The normalized spacial score (nSPS) is 14.5. The lowest BCUT2D eigenvalue weighted by atomic mass is 10.0. The first-order valence-corrected chi connectivity index (χ1v) is 6.90. The Hall–Kier alpha value is -0.950. The van der Waals surface area contributed by atoms with Crippen molar-refractivity contribution in [3.05, 3.63) is 29.8 Å². The van der Waals surface area contributed by atoms with Crippen molar-refractivity contribution in [1.82, 2.24) is 0 Å². The molecule has 6 heteroatoms. The number of hydrogen-bond acceptors (Lipinski definition) is 5. The van der Waals surface area contributed by atoms with Crippen LogP contribution in [0.1, 0.15) is 19.4 Å². The molecule has 18 heavy (non-hydrogen) atoms. The van der Waals surface area contributed by atoms with E-state index in [-0.39, 0.29) is 4.90 Å². The number of aliphatic hydroxyl groups is 2. The Morgan fingerprint density at radius 1 is 1.28 bits per heavy atom. The van der Waals surface area contributed by atoms with E-state index in [1.54, 1.807) is 12.1 Å². The Bertz CT molecular complexity index is 484. The molecule has 0 radical (unpaired) electrons. The van der Waals surface area contributed by atoms with Crippen LogP contribution in [0.2, 0.25) is 0 Å². The summed E-state index contributed by atoms with van der Waals surface area (Å²) in [5.41, 5.74) is -0.478. The average molecular weight is 274 g/mol. The van der Waals surface area contributed by atoms with Crippen LogP contribution in [0.3, 0.4) is 0 Å². The summed E-state index contributed by atoms with van der Waals surface area (Å²) in [6.07, 6.45) is -1.28. The van der Waals surface area contributed by atoms with Crippen LogP contribution < -0.4 is 0 Å². The van der Waals surface area contributed by atoms with Crippen LogP contribution in [0, 0.1) is 6.92 Å². The van der Waals surface area contributed by atoms with Crippen molar-refractivity contribution in [3.63, 3.8) is 0 Å². The van der Waals surface area contributed by atoms with Gasteiger partial charge in [-0.05, 0) is 32.9 Å². The lowest BCUT2D eigenvalue weighted by Gasteiger charge is -2.23. The number of aliphatic hydroxyl groups excluding tert-OH is 1. The lowest BCUT2D eigenvalue weighted by molar-refractivity contribution is -0.0652. The van der Waals surface area contributed by atoms with Crippen LogP contribution in [-0.4, -0.2) is 36.9 Å². The van der Waals surface area contributed by atoms with E-state index in [4.69, 9.17) is 4.18 Å². The van der Waals surface area contributed by atoms with Crippen molar-refractivity contribution in [2.75, 3.05) is 6.61 Å². The summed E-state index contributed by atoms with van der Waals surface area (Å²) in [5, 5.41) is 19.0. The van der Waals surface area contributed by atoms with Crippen LogP contribution in [0.5, 0.6) is 0 Å². The molecule has 102 valence electrons. The summed E-state index contributed by atoms with van der Waals surface area (Å²) < 4.78 is 28.2. The summed E-state index contributed by atoms with van der Waals surface area (Å²) in [5.74, 6) is 0. The van der Waals surface area contributed by atoms with Crippen LogP contribution in [0.4, 0.5) is 0 Å². The molecular weight excluding hydrogens is 256 g/mol. The second-order valence-corrected chi connectivity index (χ2v) is 6.34. The van der Waals surface area contributed by atoms with Crippen LogP contribution >= 0.6 is 0 Å². The van der Waals surface area contributed by atoms with Gasteiger partial charge in [-0.3, -0.25) is 4.18 Å². The zero-order valence-electron chi connectivity index (χ0n) is 10.6. The van der Waals surface area contributed by atoms with Gasteiger partial charge in [0.25, 0.3) is 10.1 Å². The minimum Gasteiger partial charge on any atom is -0.388 e. The monoisotopic (exact) mass is 274 g/mol. The standard InChI is InChI=1S/C12H18O5S/c1-9-4-6-10(7-5-9)18(15,16)17-8-11(13)12(2,3)14/h4-7,11,13-14H,8H2,1-3H3/t11-/m1/s1. The Kier molecular flexibility index (Phi) is 4.50. The maximum Gasteiger partial charge on any atom is 0.297 e. The fraction of sp³-hybridized carbons (Fsp3) is 0.500. The van der Waals surface area contributed by atoms with Crippen molar-refractivity contribution >= 4 is 10.1 Å². The molecule has 2 N–H and O–H groups in total. The maximum atomic E-state index is 11.8. The first-order chi connectivity index (χ1) is 8.13. The Morgan fingerprint density at radius 3 is 2.22 bits per heavy atom. The predicted octanol–water partition coefficient (Wildman–Crippen LogP) is 0.832. The summed E-state index contributed by atoms with van der Waals surface area (Å²) in [7, 11) is -3.90. The molecule has 0 saturated heterocycles. The average Bonchev–Trinajstić information content (AvgIpc) is 2.25. The van der Waals surface area contributed by atoms with Crippen molar-refractivity contribution in [2.45, 2.75) is 37.4 Å². The Balaban J connectivity index is 2.75. The summed E-state index contributed by atoms with van der Waals surface area (Å²) in [6.45, 7) is 4.11. The van der Waals surface area contributed by atoms with Crippen molar-refractivity contribution in [1.29, 1.82) is 0 Å². The van der Waals surface area contributed by atoms with E-state index < -0.39 is 28.4 Å². The fourth-order valence-corrected chi connectivity index (χ4v) is 2.04. The molecule has 0 unspecified atom stereocenters. The first kappa shape index (κ1) is 15.1. The lowest BCUT2D eigenvalue weighted by Crippen LogP contribution is -2.39. The third-order valence-electron chi connectivity index (χ3n) is 2.51. The highest BCUT2D eigenvalue weighted by atomic mass is 32.2. The topological polar surface area (TPSA) is 83.8 Å². The summed E-state index contributed by atoms with van der Waals surface area (Å²) in [4.78, 5) is 0.0241. The highest BCUT2D eigenvalue weighted by Gasteiger charge is 2.27. The zero-order valence-corrected chi connectivity index (χ0v) is 11.4. The largest absolute Gasteiger partial charge is 0.388 e. The van der Waals surface area contributed by atoms with Gasteiger partial charge >= 0.3 is 0 Å². The van der Waals surface area contributed by atoms with Gasteiger partial charge in [0.15, 0.2) is 0 Å². The number of benzene rings is 1. The highest BCUT2D eigenvalue weighted by molar-refractivity contribution is 7.86. The second kappa shape index (κ2) is 5.36. The van der Waals surface area contributed by atoms with E-state index in [1.165, 1.54) is 26.0 Å². The van der Waals surface area contributed by atoms with Gasteiger partial charge in [-0.15, -0.1) is 0 Å². The predicted molar refractivity (Wildman–Crippen MR) is 66.6 cm³/mol. The Labute approximate surface area is 107 Å². The van der Waals surface area contributed by atoms with Gasteiger partial charge in [0.1, 0.15) is 6.10 Å². The molecule has 5 nitrogen and oxygen atoms in total. The first-order valence-electron chi connectivity index (χ1n) is 5.49. The van der Waals surface area contributed by atoms with Crippen LogP contribution in [-0.2, 0) is 14.3 Å². The minimum atomic E-state index is -3.90. The molecule has 0 fully saturated rings. The molecule has 1 atom stereocenters. The van der Waals surface area contributed by atoms with E-state index >= 15 is 0 Å². The number of aryl methyl sites for hydroxylation is 1. The molecular formula is C12H18O5S. The van der Waals surface area contributed by atoms with Crippen molar-refractivity contribution in [2.24, 2.45) is 0 Å². The summed E-state index contributed by atoms with van der Waals surface area (Å²) in [6, 6.07) is 6.17. The summed E-state index contributed by atoms with van der Waals surface area (Å²) >= 11 is 0. The zero-order chi connectivity index (χ0) is 14.0. The molecule has 0 amide bonds. The third-order valence-corrected chi connectivity index (χ3v) is 3.80. The smallest absolute Gasteiger partial charge is 0.297 e. The molecule has 1 aromatic rings. The molecule has 0 spiro atoms. The second-order valence-electron chi connectivity index (χ2n) is 4.72. The van der Waals surface area contributed by atoms with Gasteiger partial charge in [0.05, 0.1) is 17.1 Å². The molecule has 0 saturated carbocycles. The van der Waals surface area contributed by atoms with Gasteiger partial charge in [-0.2, -0.15) is 8.42 Å². The molecule has 0 heterocycles. The van der Waals surface area contributed by atoms with Gasteiger partial charge < -0.3 is 10.2 Å². The SMILES string of the molecule is Cc1ccc(S(=O)(=O)OC[C@@H](O)C(C)(C)O)cc1. The molecule has 0 aliphatic rings. The fourth-order valence-electron chi connectivity index (χ4n) is 1.13. The number of rotatable bonds is 5. The molecule has 1 rings (SSSR count). The van der Waals surface area contributed by atoms with Gasteiger partial charge in [0.2, 0.25) is 0 Å². The minimum absolute atomic E-state index is 0.0241. The van der Waals surface area contributed by atoms with E-state index in [9.17, 15) is 18.6 Å². The quantitative estimate of drug-likeness (QED) is 0.777. The molecule has 0 aromatic heterocycles. The van der Waals surface area contributed by atoms with Crippen LogP contribution in [0.15, 0.2) is 29.2 Å². The van der Waals surface area contributed by atoms with Crippen LogP contribution in [0.25, 0.3) is 0 Å². The molecule has 0 bridgehead atoms.